The number of aliphatic hydroxyl groups excluding tert-OH is 1. The van der Waals surface area contributed by atoms with Gasteiger partial charge in [0.1, 0.15) is 0 Å². The zero-order valence-corrected chi connectivity index (χ0v) is 7.84. The van der Waals surface area contributed by atoms with Crippen molar-refractivity contribution in [3.05, 3.63) is 0 Å². The maximum absolute atomic E-state index is 9.88. The molecule has 2 aliphatic rings. The van der Waals surface area contributed by atoms with Crippen molar-refractivity contribution in [2.75, 3.05) is 0 Å². The lowest BCUT2D eigenvalue weighted by Gasteiger charge is -2.32. The van der Waals surface area contributed by atoms with Gasteiger partial charge in [-0.05, 0) is 24.7 Å². The second-order valence-electron chi connectivity index (χ2n) is 4.56. The number of hydrogen-bond acceptors (Lipinski definition) is 1. The third-order valence-corrected chi connectivity index (χ3v) is 3.79. The topological polar surface area (TPSA) is 20.2 Å². The van der Waals surface area contributed by atoms with E-state index in [9.17, 15) is 5.11 Å². The molecule has 2 fully saturated rings. The van der Waals surface area contributed by atoms with Gasteiger partial charge in [0.15, 0.2) is 0 Å². The quantitative estimate of drug-likeness (QED) is 0.589. The predicted molar refractivity (Wildman–Crippen MR) is 49.9 cm³/mol. The molecule has 0 aliphatic heterocycles. The van der Waals surface area contributed by atoms with Gasteiger partial charge in [-0.2, -0.15) is 0 Å². The first-order valence-electron chi connectivity index (χ1n) is 5.56. The Hall–Kier alpha value is -0.0400. The van der Waals surface area contributed by atoms with Crippen molar-refractivity contribution in [3.8, 4) is 0 Å². The molecule has 12 heavy (non-hydrogen) atoms. The summed E-state index contributed by atoms with van der Waals surface area (Å²) in [5, 5.41) is 9.88. The van der Waals surface area contributed by atoms with Crippen molar-refractivity contribution in [3.63, 3.8) is 0 Å². The second-order valence-corrected chi connectivity index (χ2v) is 4.56. The highest BCUT2D eigenvalue weighted by molar-refractivity contribution is 4.83. The van der Waals surface area contributed by atoms with Crippen LogP contribution in [0.25, 0.3) is 0 Å². The zero-order chi connectivity index (χ0) is 8.39. The fourth-order valence-electron chi connectivity index (χ4n) is 3.08. The van der Waals surface area contributed by atoms with E-state index in [2.05, 4.69) is 0 Å². The molecule has 1 heteroatoms. The van der Waals surface area contributed by atoms with Crippen LogP contribution in [0.2, 0.25) is 0 Å². The summed E-state index contributed by atoms with van der Waals surface area (Å²) in [5.41, 5.74) is 0. The number of aliphatic hydroxyl groups is 1. The Morgan fingerprint density at radius 1 is 0.750 bits per heavy atom. The molecule has 0 unspecified atom stereocenters. The highest BCUT2D eigenvalue weighted by Gasteiger charge is 2.31. The van der Waals surface area contributed by atoms with Crippen molar-refractivity contribution >= 4 is 0 Å². The Morgan fingerprint density at radius 2 is 1.33 bits per heavy atom. The Kier molecular flexibility index (Phi) is 2.69. The molecule has 1 N–H and O–H groups in total. The Morgan fingerprint density at radius 3 is 2.08 bits per heavy atom. The summed E-state index contributed by atoms with van der Waals surface area (Å²) in [6.45, 7) is 0. The van der Waals surface area contributed by atoms with Crippen LogP contribution in [-0.2, 0) is 0 Å². The van der Waals surface area contributed by atoms with Crippen LogP contribution in [0.4, 0.5) is 0 Å². The van der Waals surface area contributed by atoms with Crippen LogP contribution in [0, 0.1) is 11.8 Å². The molecule has 2 rings (SSSR count). The zero-order valence-electron chi connectivity index (χ0n) is 7.84. The lowest BCUT2D eigenvalue weighted by molar-refractivity contribution is 0.0504. The number of hydrogen-bond donors (Lipinski definition) is 1. The molecule has 0 radical (unpaired) electrons. The molecule has 1 nitrogen and oxygen atoms in total. The molecule has 0 aromatic carbocycles. The summed E-state index contributed by atoms with van der Waals surface area (Å²) in [5.74, 6) is 1.54. The lowest BCUT2D eigenvalue weighted by atomic mass is 9.75. The van der Waals surface area contributed by atoms with Crippen molar-refractivity contribution in [1.82, 2.24) is 0 Å². The molecule has 0 aromatic heterocycles. The minimum atomic E-state index is 0.0396. The molecule has 0 spiro atoms. The van der Waals surface area contributed by atoms with Gasteiger partial charge in [0.2, 0.25) is 0 Å². The van der Waals surface area contributed by atoms with Crippen LogP contribution in [0.1, 0.15) is 51.4 Å². The average Bonchev–Trinajstić information content (AvgIpc) is 2.29. The molecule has 0 bridgehead atoms. The SMILES string of the molecule is O[C@H]1CCCC[C@H]2CCCC[C@@H]21. The predicted octanol–water partition coefficient (Wildman–Crippen LogP) is 2.73. The highest BCUT2D eigenvalue weighted by atomic mass is 16.3. The third kappa shape index (κ3) is 1.66. The van der Waals surface area contributed by atoms with E-state index in [1.54, 1.807) is 0 Å². The molecule has 0 aromatic rings. The fraction of sp³-hybridized carbons (Fsp3) is 1.00. The van der Waals surface area contributed by atoms with Crippen LogP contribution in [0.5, 0.6) is 0 Å². The van der Waals surface area contributed by atoms with E-state index >= 15 is 0 Å². The summed E-state index contributed by atoms with van der Waals surface area (Å²) in [4.78, 5) is 0. The monoisotopic (exact) mass is 168 g/mol. The summed E-state index contributed by atoms with van der Waals surface area (Å²) in [6.07, 6.45) is 10.6. The van der Waals surface area contributed by atoms with E-state index < -0.39 is 0 Å². The summed E-state index contributed by atoms with van der Waals surface area (Å²) in [7, 11) is 0. The Labute approximate surface area is 75.2 Å². The first kappa shape index (κ1) is 8.55. The maximum Gasteiger partial charge on any atom is 0.0571 e. The summed E-state index contributed by atoms with van der Waals surface area (Å²) in [6, 6.07) is 0. The normalized spacial score (nSPS) is 43.2. The Bertz CT molecular complexity index is 144. The molecule has 3 atom stereocenters. The molecule has 70 valence electrons. The summed E-state index contributed by atoms with van der Waals surface area (Å²) >= 11 is 0. The van der Waals surface area contributed by atoms with Crippen LogP contribution in [0.15, 0.2) is 0 Å². The van der Waals surface area contributed by atoms with Gasteiger partial charge < -0.3 is 5.11 Å². The molecule has 0 amide bonds. The van der Waals surface area contributed by atoms with Gasteiger partial charge in [0.25, 0.3) is 0 Å². The molecule has 0 heterocycles. The first-order valence-corrected chi connectivity index (χ1v) is 5.56. The largest absolute Gasteiger partial charge is 0.393 e. The van der Waals surface area contributed by atoms with Gasteiger partial charge in [0.05, 0.1) is 6.10 Å². The standard InChI is InChI=1S/C11H20O/c12-11-8-4-2-6-9-5-1-3-7-10(9)11/h9-12H,1-8H2/t9-,10+,11+/m1/s1. The average molecular weight is 168 g/mol. The number of rotatable bonds is 0. The highest BCUT2D eigenvalue weighted by Crippen LogP contribution is 2.39. The van der Waals surface area contributed by atoms with Crippen LogP contribution >= 0.6 is 0 Å². The van der Waals surface area contributed by atoms with E-state index in [4.69, 9.17) is 0 Å². The second kappa shape index (κ2) is 3.78. The van der Waals surface area contributed by atoms with Crippen LogP contribution < -0.4 is 0 Å². The van der Waals surface area contributed by atoms with Gasteiger partial charge in [0, 0.05) is 0 Å². The van der Waals surface area contributed by atoms with Crippen molar-refractivity contribution < 1.29 is 5.11 Å². The van der Waals surface area contributed by atoms with Crippen molar-refractivity contribution in [1.29, 1.82) is 0 Å². The number of fused-ring (bicyclic) bond motifs is 1. The summed E-state index contributed by atoms with van der Waals surface area (Å²) < 4.78 is 0. The van der Waals surface area contributed by atoms with E-state index in [1.165, 1.54) is 44.9 Å². The van der Waals surface area contributed by atoms with Gasteiger partial charge in [-0.25, -0.2) is 0 Å². The Balaban J connectivity index is 2.01. The maximum atomic E-state index is 9.88. The van der Waals surface area contributed by atoms with E-state index in [0.717, 1.165) is 12.3 Å². The van der Waals surface area contributed by atoms with E-state index in [1.807, 2.05) is 0 Å². The van der Waals surface area contributed by atoms with Crippen LogP contribution in [0.3, 0.4) is 0 Å². The lowest BCUT2D eigenvalue weighted by Crippen LogP contribution is -2.28. The minimum absolute atomic E-state index is 0.0396. The molecular formula is C11H20O. The third-order valence-electron chi connectivity index (χ3n) is 3.79. The van der Waals surface area contributed by atoms with Gasteiger partial charge in [-0.15, -0.1) is 0 Å². The van der Waals surface area contributed by atoms with Crippen molar-refractivity contribution in [2.45, 2.75) is 57.5 Å². The molecule has 2 aliphatic carbocycles. The van der Waals surface area contributed by atoms with E-state index in [0.29, 0.717) is 5.92 Å². The van der Waals surface area contributed by atoms with E-state index in [-0.39, 0.29) is 6.10 Å². The smallest absolute Gasteiger partial charge is 0.0571 e. The van der Waals surface area contributed by atoms with Crippen LogP contribution in [-0.4, -0.2) is 11.2 Å². The van der Waals surface area contributed by atoms with Gasteiger partial charge in [-0.3, -0.25) is 0 Å². The molecular weight excluding hydrogens is 148 g/mol. The first-order chi connectivity index (χ1) is 5.88. The molecule has 2 saturated carbocycles. The molecule has 0 saturated heterocycles. The fourth-order valence-corrected chi connectivity index (χ4v) is 3.08. The van der Waals surface area contributed by atoms with Gasteiger partial charge in [-0.1, -0.05) is 38.5 Å². The van der Waals surface area contributed by atoms with Crippen molar-refractivity contribution in [2.24, 2.45) is 11.8 Å². The minimum Gasteiger partial charge on any atom is -0.393 e. The van der Waals surface area contributed by atoms with Gasteiger partial charge >= 0.3 is 0 Å².